The standard InChI is InChI=1S/C10H8FNO3/c1-3-6(2)15-9-8(11)7(10(13)14)4-5-12-9/h1,4-6H,2H3,(H,13,14). The first-order chi connectivity index (χ1) is 7.06. The Morgan fingerprint density at radius 2 is 2.47 bits per heavy atom. The summed E-state index contributed by atoms with van der Waals surface area (Å²) in [6.07, 6.45) is 5.50. The number of terminal acetylenes is 1. The molecule has 4 nitrogen and oxygen atoms in total. The second-order valence-electron chi connectivity index (χ2n) is 2.71. The summed E-state index contributed by atoms with van der Waals surface area (Å²) in [4.78, 5) is 14.1. The van der Waals surface area contributed by atoms with Crippen LogP contribution in [0, 0.1) is 18.2 Å². The van der Waals surface area contributed by atoms with Crippen LogP contribution in [-0.2, 0) is 0 Å². The van der Waals surface area contributed by atoms with Crippen molar-refractivity contribution in [3.8, 4) is 18.2 Å². The predicted octanol–water partition coefficient (Wildman–Crippen LogP) is 1.32. The van der Waals surface area contributed by atoms with Crippen LogP contribution in [0.3, 0.4) is 0 Å². The van der Waals surface area contributed by atoms with Crippen molar-refractivity contribution in [3.63, 3.8) is 0 Å². The van der Waals surface area contributed by atoms with Gasteiger partial charge in [-0.3, -0.25) is 0 Å². The third-order valence-electron chi connectivity index (χ3n) is 1.61. The molecular weight excluding hydrogens is 201 g/mol. The molecule has 0 aliphatic carbocycles. The van der Waals surface area contributed by atoms with E-state index in [1.54, 1.807) is 0 Å². The van der Waals surface area contributed by atoms with E-state index in [2.05, 4.69) is 10.9 Å². The Kier molecular flexibility index (Phi) is 3.24. The summed E-state index contributed by atoms with van der Waals surface area (Å²) in [5.41, 5.74) is -0.496. The molecule has 1 atom stereocenters. The molecule has 1 N–H and O–H groups in total. The number of carbonyl (C=O) groups is 1. The summed E-state index contributed by atoms with van der Waals surface area (Å²) in [6.45, 7) is 1.52. The van der Waals surface area contributed by atoms with Gasteiger partial charge in [0.05, 0.1) is 0 Å². The summed E-state index contributed by atoms with van der Waals surface area (Å²) < 4.78 is 18.3. The third kappa shape index (κ3) is 2.44. The van der Waals surface area contributed by atoms with E-state index in [1.165, 1.54) is 6.92 Å². The van der Waals surface area contributed by atoms with Crippen molar-refractivity contribution in [1.82, 2.24) is 4.98 Å². The van der Waals surface area contributed by atoms with Crippen LogP contribution >= 0.6 is 0 Å². The first-order valence-corrected chi connectivity index (χ1v) is 4.07. The van der Waals surface area contributed by atoms with Crippen LogP contribution in [0.25, 0.3) is 0 Å². The van der Waals surface area contributed by atoms with E-state index in [0.29, 0.717) is 0 Å². The molecule has 0 amide bonds. The molecule has 0 aliphatic heterocycles. The van der Waals surface area contributed by atoms with Crippen molar-refractivity contribution in [2.24, 2.45) is 0 Å². The SMILES string of the molecule is C#CC(C)Oc1nccc(C(=O)O)c1F. The van der Waals surface area contributed by atoms with Crippen LogP contribution in [0.5, 0.6) is 5.88 Å². The Hall–Kier alpha value is -2.09. The van der Waals surface area contributed by atoms with Gasteiger partial charge in [0.25, 0.3) is 5.88 Å². The first kappa shape index (κ1) is 11.0. The van der Waals surface area contributed by atoms with E-state index in [0.717, 1.165) is 12.3 Å². The fraction of sp³-hybridized carbons (Fsp3) is 0.200. The minimum absolute atomic E-state index is 0.402. The largest absolute Gasteiger partial charge is 0.478 e. The van der Waals surface area contributed by atoms with E-state index < -0.39 is 29.3 Å². The summed E-state index contributed by atoms with van der Waals surface area (Å²) in [7, 11) is 0. The summed E-state index contributed by atoms with van der Waals surface area (Å²) >= 11 is 0. The molecule has 0 aliphatic rings. The number of aromatic carboxylic acids is 1. The van der Waals surface area contributed by atoms with Crippen molar-refractivity contribution in [2.75, 3.05) is 0 Å². The van der Waals surface area contributed by atoms with Gasteiger partial charge < -0.3 is 9.84 Å². The number of ether oxygens (including phenoxy) is 1. The number of pyridine rings is 1. The highest BCUT2D eigenvalue weighted by molar-refractivity contribution is 5.88. The van der Waals surface area contributed by atoms with Crippen LogP contribution in [0.1, 0.15) is 17.3 Å². The van der Waals surface area contributed by atoms with E-state index in [1.807, 2.05) is 0 Å². The average Bonchev–Trinajstić information content (AvgIpc) is 2.20. The fourth-order valence-corrected chi connectivity index (χ4v) is 0.873. The van der Waals surface area contributed by atoms with Gasteiger partial charge in [-0.25, -0.2) is 14.2 Å². The van der Waals surface area contributed by atoms with Gasteiger partial charge in [-0.15, -0.1) is 6.42 Å². The summed E-state index contributed by atoms with van der Waals surface area (Å²) in [5, 5.41) is 8.62. The zero-order valence-corrected chi connectivity index (χ0v) is 7.90. The quantitative estimate of drug-likeness (QED) is 0.762. The zero-order chi connectivity index (χ0) is 11.4. The summed E-state index contributed by atoms with van der Waals surface area (Å²) in [5.74, 6) is -0.592. The predicted molar refractivity (Wildman–Crippen MR) is 50.1 cm³/mol. The van der Waals surface area contributed by atoms with Crippen LogP contribution in [0.15, 0.2) is 12.3 Å². The Morgan fingerprint density at radius 1 is 1.80 bits per heavy atom. The van der Waals surface area contributed by atoms with Gasteiger partial charge in [0.1, 0.15) is 5.56 Å². The zero-order valence-electron chi connectivity index (χ0n) is 7.90. The molecule has 1 aromatic heterocycles. The number of rotatable bonds is 3. The number of carboxylic acid groups (broad SMARTS) is 1. The maximum absolute atomic E-state index is 13.4. The normalized spacial score (nSPS) is 11.5. The minimum atomic E-state index is -1.38. The van der Waals surface area contributed by atoms with Crippen molar-refractivity contribution in [2.45, 2.75) is 13.0 Å². The number of aromatic nitrogens is 1. The van der Waals surface area contributed by atoms with Gasteiger partial charge >= 0.3 is 5.97 Å². The van der Waals surface area contributed by atoms with Crippen molar-refractivity contribution < 1.29 is 19.0 Å². The molecule has 0 saturated heterocycles. The van der Waals surface area contributed by atoms with E-state index in [9.17, 15) is 9.18 Å². The molecular formula is C10H8FNO3. The van der Waals surface area contributed by atoms with Crippen LogP contribution in [-0.4, -0.2) is 22.2 Å². The number of hydrogen-bond donors (Lipinski definition) is 1. The maximum Gasteiger partial charge on any atom is 0.338 e. The molecule has 1 unspecified atom stereocenters. The number of hydrogen-bond acceptors (Lipinski definition) is 3. The highest BCUT2D eigenvalue weighted by Crippen LogP contribution is 2.18. The monoisotopic (exact) mass is 209 g/mol. The molecule has 0 fully saturated rings. The highest BCUT2D eigenvalue weighted by atomic mass is 19.1. The summed E-state index contributed by atoms with van der Waals surface area (Å²) in [6, 6.07) is 1.05. The highest BCUT2D eigenvalue weighted by Gasteiger charge is 2.17. The van der Waals surface area contributed by atoms with Crippen LogP contribution in [0.4, 0.5) is 4.39 Å². The van der Waals surface area contributed by atoms with Gasteiger partial charge in [0.15, 0.2) is 11.9 Å². The smallest absolute Gasteiger partial charge is 0.338 e. The minimum Gasteiger partial charge on any atom is -0.478 e. The fourth-order valence-electron chi connectivity index (χ4n) is 0.873. The van der Waals surface area contributed by atoms with Gasteiger partial charge in [0, 0.05) is 6.20 Å². The number of halogens is 1. The van der Waals surface area contributed by atoms with E-state index in [-0.39, 0.29) is 0 Å². The molecule has 1 aromatic rings. The molecule has 0 radical (unpaired) electrons. The number of carboxylic acids is 1. The lowest BCUT2D eigenvalue weighted by atomic mass is 10.2. The van der Waals surface area contributed by atoms with Crippen molar-refractivity contribution >= 4 is 5.97 Å². The average molecular weight is 209 g/mol. The maximum atomic E-state index is 13.4. The number of nitrogens with zero attached hydrogens (tertiary/aromatic N) is 1. The lowest BCUT2D eigenvalue weighted by molar-refractivity contribution is 0.0690. The molecule has 1 rings (SSSR count). The molecule has 0 aromatic carbocycles. The second-order valence-corrected chi connectivity index (χ2v) is 2.71. The third-order valence-corrected chi connectivity index (χ3v) is 1.61. The Labute approximate surface area is 85.7 Å². The van der Waals surface area contributed by atoms with Gasteiger partial charge in [-0.2, -0.15) is 0 Å². The molecule has 0 bridgehead atoms. The second kappa shape index (κ2) is 4.42. The molecule has 1 heterocycles. The van der Waals surface area contributed by atoms with Crippen molar-refractivity contribution in [1.29, 1.82) is 0 Å². The Balaban J connectivity index is 3.06. The van der Waals surface area contributed by atoms with E-state index in [4.69, 9.17) is 16.3 Å². The van der Waals surface area contributed by atoms with Gasteiger partial charge in [0.2, 0.25) is 0 Å². The first-order valence-electron chi connectivity index (χ1n) is 4.07. The molecule has 78 valence electrons. The molecule has 0 saturated carbocycles. The topological polar surface area (TPSA) is 59.4 Å². The van der Waals surface area contributed by atoms with Crippen molar-refractivity contribution in [3.05, 3.63) is 23.6 Å². The Bertz CT molecular complexity index is 425. The van der Waals surface area contributed by atoms with Crippen LogP contribution in [0.2, 0.25) is 0 Å². The van der Waals surface area contributed by atoms with Gasteiger partial charge in [-0.1, -0.05) is 5.92 Å². The molecule has 5 heteroatoms. The van der Waals surface area contributed by atoms with Crippen LogP contribution < -0.4 is 4.74 Å². The lowest BCUT2D eigenvalue weighted by Gasteiger charge is -2.09. The lowest BCUT2D eigenvalue weighted by Crippen LogP contribution is -2.12. The van der Waals surface area contributed by atoms with E-state index >= 15 is 0 Å². The Morgan fingerprint density at radius 3 is 3.00 bits per heavy atom. The molecule has 15 heavy (non-hydrogen) atoms. The van der Waals surface area contributed by atoms with Gasteiger partial charge in [-0.05, 0) is 13.0 Å². The molecule has 0 spiro atoms.